The van der Waals surface area contributed by atoms with Crippen molar-refractivity contribution in [3.05, 3.63) is 29.8 Å². The second-order valence-electron chi connectivity index (χ2n) is 4.46. The van der Waals surface area contributed by atoms with Crippen LogP contribution in [0, 0.1) is 0 Å². The van der Waals surface area contributed by atoms with Crippen LogP contribution in [0.25, 0.3) is 0 Å². The fraction of sp³-hybridized carbons (Fsp3) is 0.500. The van der Waals surface area contributed by atoms with Crippen molar-refractivity contribution in [3.8, 4) is 5.75 Å². The molecule has 18 heavy (non-hydrogen) atoms. The predicted molar refractivity (Wildman–Crippen MR) is 72.6 cm³/mol. The van der Waals surface area contributed by atoms with Crippen LogP contribution in [0.1, 0.15) is 25.3 Å². The maximum atomic E-state index is 10.6. The Balaban J connectivity index is 2.24. The summed E-state index contributed by atoms with van der Waals surface area (Å²) < 4.78 is 5.11. The SMILES string of the molecule is COc1ccc(CCC(C)NCCC(N)=O)cc1. The average Bonchev–Trinajstić information content (AvgIpc) is 2.36. The number of ether oxygens (including phenoxy) is 1. The van der Waals surface area contributed by atoms with Crippen LogP contribution < -0.4 is 15.8 Å². The van der Waals surface area contributed by atoms with Crippen molar-refractivity contribution in [2.24, 2.45) is 5.73 Å². The van der Waals surface area contributed by atoms with Crippen LogP contribution >= 0.6 is 0 Å². The fourth-order valence-electron chi connectivity index (χ4n) is 1.72. The first-order valence-electron chi connectivity index (χ1n) is 6.26. The smallest absolute Gasteiger partial charge is 0.218 e. The Hall–Kier alpha value is -1.55. The zero-order valence-electron chi connectivity index (χ0n) is 11.1. The molecule has 1 aromatic carbocycles. The van der Waals surface area contributed by atoms with Gasteiger partial charge in [-0.3, -0.25) is 4.79 Å². The van der Waals surface area contributed by atoms with E-state index in [0.29, 0.717) is 19.0 Å². The maximum Gasteiger partial charge on any atom is 0.218 e. The number of nitrogens with one attached hydrogen (secondary N) is 1. The van der Waals surface area contributed by atoms with Gasteiger partial charge < -0.3 is 15.8 Å². The lowest BCUT2D eigenvalue weighted by Crippen LogP contribution is -2.30. The molecular weight excluding hydrogens is 228 g/mol. The van der Waals surface area contributed by atoms with E-state index in [1.165, 1.54) is 5.56 Å². The highest BCUT2D eigenvalue weighted by molar-refractivity contribution is 5.73. The summed E-state index contributed by atoms with van der Waals surface area (Å²) in [5, 5.41) is 3.28. The number of carbonyl (C=O) groups is 1. The molecule has 0 radical (unpaired) electrons. The molecule has 4 heteroatoms. The number of hydrogen-bond acceptors (Lipinski definition) is 3. The van der Waals surface area contributed by atoms with E-state index in [0.717, 1.165) is 18.6 Å². The summed E-state index contributed by atoms with van der Waals surface area (Å²) in [6.07, 6.45) is 2.44. The van der Waals surface area contributed by atoms with E-state index in [9.17, 15) is 4.79 Å². The molecule has 0 saturated carbocycles. The van der Waals surface area contributed by atoms with Gasteiger partial charge in [0.05, 0.1) is 7.11 Å². The van der Waals surface area contributed by atoms with E-state index < -0.39 is 0 Å². The number of amides is 1. The Kier molecular flexibility index (Phi) is 6.22. The van der Waals surface area contributed by atoms with Crippen molar-refractivity contribution in [3.63, 3.8) is 0 Å². The lowest BCUT2D eigenvalue weighted by Gasteiger charge is -2.13. The van der Waals surface area contributed by atoms with E-state index in [4.69, 9.17) is 10.5 Å². The lowest BCUT2D eigenvalue weighted by molar-refractivity contribution is -0.117. The zero-order valence-corrected chi connectivity index (χ0v) is 11.1. The molecule has 0 bridgehead atoms. The van der Waals surface area contributed by atoms with Gasteiger partial charge in [0.15, 0.2) is 0 Å². The topological polar surface area (TPSA) is 64.3 Å². The van der Waals surface area contributed by atoms with Crippen LogP contribution in [0.4, 0.5) is 0 Å². The number of primary amides is 1. The molecule has 1 unspecified atom stereocenters. The standard InChI is InChI=1S/C14H22N2O2/c1-11(16-10-9-14(15)17)3-4-12-5-7-13(18-2)8-6-12/h5-8,11,16H,3-4,9-10H2,1-2H3,(H2,15,17). The summed E-state index contributed by atoms with van der Waals surface area (Å²) in [4.78, 5) is 10.6. The minimum absolute atomic E-state index is 0.259. The van der Waals surface area contributed by atoms with Crippen LogP contribution in [0.2, 0.25) is 0 Å². The summed E-state index contributed by atoms with van der Waals surface area (Å²) in [7, 11) is 1.67. The first-order valence-corrected chi connectivity index (χ1v) is 6.26. The molecule has 0 aliphatic rings. The van der Waals surface area contributed by atoms with Gasteiger partial charge in [-0.05, 0) is 37.5 Å². The summed E-state index contributed by atoms with van der Waals surface area (Å²) >= 11 is 0. The van der Waals surface area contributed by atoms with Gasteiger partial charge in [0.25, 0.3) is 0 Å². The number of hydrogen-bond donors (Lipinski definition) is 2. The molecule has 0 aliphatic carbocycles. The Morgan fingerprint density at radius 2 is 2.06 bits per heavy atom. The molecule has 0 saturated heterocycles. The molecule has 0 aliphatic heterocycles. The molecule has 4 nitrogen and oxygen atoms in total. The second-order valence-corrected chi connectivity index (χ2v) is 4.46. The highest BCUT2D eigenvalue weighted by atomic mass is 16.5. The first-order chi connectivity index (χ1) is 8.61. The average molecular weight is 250 g/mol. The molecule has 1 atom stereocenters. The van der Waals surface area contributed by atoms with Crippen molar-refractivity contribution in [1.29, 1.82) is 0 Å². The third kappa shape index (κ3) is 5.68. The van der Waals surface area contributed by atoms with E-state index in [-0.39, 0.29) is 5.91 Å². The van der Waals surface area contributed by atoms with Crippen molar-refractivity contribution < 1.29 is 9.53 Å². The third-order valence-corrected chi connectivity index (χ3v) is 2.89. The van der Waals surface area contributed by atoms with E-state index >= 15 is 0 Å². The predicted octanol–water partition coefficient (Wildman–Crippen LogP) is 1.48. The zero-order chi connectivity index (χ0) is 13.4. The molecule has 3 N–H and O–H groups in total. The fourth-order valence-corrected chi connectivity index (χ4v) is 1.72. The van der Waals surface area contributed by atoms with Crippen LogP contribution in [0.15, 0.2) is 24.3 Å². The van der Waals surface area contributed by atoms with Gasteiger partial charge in [-0.1, -0.05) is 12.1 Å². The number of nitrogens with two attached hydrogens (primary N) is 1. The second kappa shape index (κ2) is 7.71. The van der Waals surface area contributed by atoms with E-state index in [1.54, 1.807) is 7.11 Å². The largest absolute Gasteiger partial charge is 0.497 e. The van der Waals surface area contributed by atoms with Gasteiger partial charge in [0.2, 0.25) is 5.91 Å². The summed E-state index contributed by atoms with van der Waals surface area (Å²) in [6.45, 7) is 2.77. The van der Waals surface area contributed by atoms with Gasteiger partial charge in [-0.25, -0.2) is 0 Å². The van der Waals surface area contributed by atoms with Crippen LogP contribution in [0.5, 0.6) is 5.75 Å². The summed E-state index contributed by atoms with van der Waals surface area (Å²) in [6, 6.07) is 8.48. The highest BCUT2D eigenvalue weighted by Crippen LogP contribution is 2.13. The molecule has 1 aromatic rings. The Bertz CT molecular complexity index is 363. The van der Waals surface area contributed by atoms with E-state index in [1.807, 2.05) is 12.1 Å². The number of aryl methyl sites for hydroxylation is 1. The Morgan fingerprint density at radius 1 is 1.39 bits per heavy atom. The first kappa shape index (κ1) is 14.5. The van der Waals surface area contributed by atoms with Gasteiger partial charge in [0, 0.05) is 19.0 Å². The van der Waals surface area contributed by atoms with Crippen molar-refractivity contribution in [1.82, 2.24) is 5.32 Å². The highest BCUT2D eigenvalue weighted by Gasteiger charge is 2.03. The molecule has 1 rings (SSSR count). The quantitative estimate of drug-likeness (QED) is 0.734. The summed E-state index contributed by atoms with van der Waals surface area (Å²) in [5.41, 5.74) is 6.37. The summed E-state index contributed by atoms with van der Waals surface area (Å²) in [5.74, 6) is 0.622. The molecule has 0 heterocycles. The van der Waals surface area contributed by atoms with Gasteiger partial charge in [-0.2, -0.15) is 0 Å². The van der Waals surface area contributed by atoms with Crippen LogP contribution in [-0.2, 0) is 11.2 Å². The van der Waals surface area contributed by atoms with Crippen molar-refractivity contribution in [2.75, 3.05) is 13.7 Å². The minimum atomic E-state index is -0.259. The molecular formula is C14H22N2O2. The number of benzene rings is 1. The lowest BCUT2D eigenvalue weighted by atomic mass is 10.1. The van der Waals surface area contributed by atoms with Gasteiger partial charge >= 0.3 is 0 Å². The number of rotatable bonds is 8. The molecule has 100 valence electrons. The third-order valence-electron chi connectivity index (χ3n) is 2.89. The Morgan fingerprint density at radius 3 is 2.61 bits per heavy atom. The van der Waals surface area contributed by atoms with Crippen LogP contribution in [-0.4, -0.2) is 25.6 Å². The molecule has 0 fully saturated rings. The number of carbonyl (C=O) groups excluding carboxylic acids is 1. The van der Waals surface area contributed by atoms with Gasteiger partial charge in [0.1, 0.15) is 5.75 Å². The number of methoxy groups -OCH3 is 1. The van der Waals surface area contributed by atoms with Crippen molar-refractivity contribution >= 4 is 5.91 Å². The Labute approximate surface area is 109 Å². The van der Waals surface area contributed by atoms with Gasteiger partial charge in [-0.15, -0.1) is 0 Å². The van der Waals surface area contributed by atoms with E-state index in [2.05, 4.69) is 24.4 Å². The maximum absolute atomic E-state index is 10.6. The minimum Gasteiger partial charge on any atom is -0.497 e. The molecule has 1 amide bonds. The van der Waals surface area contributed by atoms with Crippen molar-refractivity contribution in [2.45, 2.75) is 32.2 Å². The van der Waals surface area contributed by atoms with Crippen LogP contribution in [0.3, 0.4) is 0 Å². The normalized spacial score (nSPS) is 12.1. The molecule has 0 spiro atoms. The molecule has 0 aromatic heterocycles. The monoisotopic (exact) mass is 250 g/mol.